The van der Waals surface area contributed by atoms with Crippen molar-refractivity contribution in [3.63, 3.8) is 0 Å². The summed E-state index contributed by atoms with van der Waals surface area (Å²) in [6.07, 6.45) is 4.99. The van der Waals surface area contributed by atoms with Crippen molar-refractivity contribution >= 4 is 44.4 Å². The molecule has 0 atom stereocenters. The molecule has 1 aliphatic heterocycles. The second-order valence-corrected chi connectivity index (χ2v) is 12.2. The molecule has 5 rings (SSSR count). The number of morpholine rings is 1. The first-order valence-corrected chi connectivity index (χ1v) is 14.4. The van der Waals surface area contributed by atoms with Gasteiger partial charge in [-0.25, -0.2) is 13.4 Å². The van der Waals surface area contributed by atoms with E-state index in [4.69, 9.17) is 16.3 Å². The van der Waals surface area contributed by atoms with Gasteiger partial charge in [-0.15, -0.1) is 11.3 Å². The molecule has 0 radical (unpaired) electrons. The van der Waals surface area contributed by atoms with Crippen molar-refractivity contribution < 1.29 is 13.2 Å². The minimum atomic E-state index is -3.81. The summed E-state index contributed by atoms with van der Waals surface area (Å²) < 4.78 is 32.5. The van der Waals surface area contributed by atoms with Gasteiger partial charge in [-0.2, -0.15) is 0 Å². The number of halogens is 1. The Bertz CT molecular complexity index is 1370. The lowest BCUT2D eigenvalue weighted by Crippen LogP contribution is -2.37. The number of ether oxygens (including phenoxy) is 1. The summed E-state index contributed by atoms with van der Waals surface area (Å²) in [6, 6.07) is 17.1. The number of benzene rings is 2. The minimum Gasteiger partial charge on any atom is -0.378 e. The fourth-order valence-corrected chi connectivity index (χ4v) is 7.56. The van der Waals surface area contributed by atoms with E-state index in [1.807, 2.05) is 25.1 Å². The lowest BCUT2D eigenvalue weighted by molar-refractivity contribution is 0.0546. The predicted molar refractivity (Wildman–Crippen MR) is 141 cm³/mol. The Labute approximate surface area is 215 Å². The number of aromatic nitrogens is 1. The largest absolute Gasteiger partial charge is 0.378 e. The van der Waals surface area contributed by atoms with Crippen LogP contribution in [0.4, 0.5) is 0 Å². The Morgan fingerprint density at radius 3 is 2.46 bits per heavy atom. The first kappa shape index (κ1) is 24.3. The second kappa shape index (κ2) is 10.3. The predicted octanol–water partition coefficient (Wildman–Crippen LogP) is 6.25. The molecule has 1 saturated heterocycles. The van der Waals surface area contributed by atoms with Crippen molar-refractivity contribution in [1.82, 2.24) is 9.88 Å². The summed E-state index contributed by atoms with van der Waals surface area (Å²) in [6.45, 7) is 4.84. The number of allylic oxidation sites excluding steroid dienone is 2. The van der Waals surface area contributed by atoms with Crippen LogP contribution >= 0.6 is 22.9 Å². The standard InChI is InChI=1S/C27H27ClN2O3S2/c1-19-10-12-22(13-11-19)35(31,32)27-25(28)34-26(29-27)23-9-5-8-21(18-20-6-3-2-4-7-20)24(23)30-14-16-33-17-15-30/h2-4,6-7,10-13,18H,5,8-9,14-17H2,1H3/b21-18+. The van der Waals surface area contributed by atoms with Gasteiger partial charge >= 0.3 is 0 Å². The number of nitrogens with zero attached hydrogens (tertiary/aromatic N) is 2. The van der Waals surface area contributed by atoms with Crippen molar-refractivity contribution in [2.75, 3.05) is 26.3 Å². The Morgan fingerprint density at radius 2 is 1.74 bits per heavy atom. The van der Waals surface area contributed by atoms with E-state index in [1.165, 1.54) is 16.9 Å². The van der Waals surface area contributed by atoms with Crippen LogP contribution in [0.15, 0.2) is 75.8 Å². The summed E-state index contributed by atoms with van der Waals surface area (Å²) in [7, 11) is -3.81. The highest BCUT2D eigenvalue weighted by Gasteiger charge is 2.30. The van der Waals surface area contributed by atoms with Crippen molar-refractivity contribution in [3.05, 3.63) is 86.3 Å². The van der Waals surface area contributed by atoms with Gasteiger partial charge < -0.3 is 9.64 Å². The number of hydrogen-bond donors (Lipinski definition) is 0. The van der Waals surface area contributed by atoms with E-state index in [-0.39, 0.29) is 14.3 Å². The molecule has 1 aliphatic carbocycles. The molecule has 1 aromatic heterocycles. The maximum Gasteiger partial charge on any atom is 0.226 e. The summed E-state index contributed by atoms with van der Waals surface area (Å²) in [4.78, 5) is 7.21. The quantitative estimate of drug-likeness (QED) is 0.393. The average Bonchev–Trinajstić information content (AvgIpc) is 3.28. The van der Waals surface area contributed by atoms with Crippen LogP contribution in [0.1, 0.15) is 35.4 Å². The lowest BCUT2D eigenvalue weighted by atomic mass is 9.89. The van der Waals surface area contributed by atoms with E-state index < -0.39 is 9.84 Å². The zero-order valence-electron chi connectivity index (χ0n) is 19.5. The molecule has 3 aromatic rings. The van der Waals surface area contributed by atoms with Gasteiger partial charge in [0.1, 0.15) is 9.34 Å². The monoisotopic (exact) mass is 526 g/mol. The maximum atomic E-state index is 13.4. The van der Waals surface area contributed by atoms with Gasteiger partial charge in [0.05, 0.1) is 18.1 Å². The molecule has 0 spiro atoms. The Hall–Kier alpha value is -2.45. The molecule has 182 valence electrons. The van der Waals surface area contributed by atoms with Crippen molar-refractivity contribution in [2.45, 2.75) is 36.1 Å². The molecule has 1 fully saturated rings. The molecule has 2 heterocycles. The highest BCUT2D eigenvalue weighted by Crippen LogP contribution is 2.43. The summed E-state index contributed by atoms with van der Waals surface area (Å²) >= 11 is 7.79. The van der Waals surface area contributed by atoms with Crippen LogP contribution in [-0.4, -0.2) is 44.6 Å². The number of aryl methyl sites for hydroxylation is 1. The van der Waals surface area contributed by atoms with Crippen LogP contribution in [0.25, 0.3) is 11.6 Å². The first-order valence-electron chi connectivity index (χ1n) is 11.7. The van der Waals surface area contributed by atoms with Crippen molar-refractivity contribution in [3.8, 4) is 0 Å². The minimum absolute atomic E-state index is 0.0593. The smallest absolute Gasteiger partial charge is 0.226 e. The van der Waals surface area contributed by atoms with E-state index >= 15 is 0 Å². The molecule has 0 amide bonds. The molecule has 0 bridgehead atoms. The van der Waals surface area contributed by atoms with Gasteiger partial charge in [-0.1, -0.05) is 59.6 Å². The van der Waals surface area contributed by atoms with E-state index in [9.17, 15) is 8.42 Å². The van der Waals surface area contributed by atoms with Gasteiger partial charge in [-0.3, -0.25) is 0 Å². The molecule has 8 heteroatoms. The van der Waals surface area contributed by atoms with Gasteiger partial charge in [0, 0.05) is 24.4 Å². The van der Waals surface area contributed by atoms with Crippen LogP contribution in [-0.2, 0) is 14.6 Å². The number of sulfone groups is 1. The zero-order chi connectivity index (χ0) is 24.4. The lowest BCUT2D eigenvalue weighted by Gasteiger charge is -2.36. The number of hydrogen-bond acceptors (Lipinski definition) is 6. The molecule has 2 aliphatic rings. The van der Waals surface area contributed by atoms with Crippen LogP contribution in [0.2, 0.25) is 4.34 Å². The molecule has 0 N–H and O–H groups in total. The average molecular weight is 527 g/mol. The van der Waals surface area contributed by atoms with Gasteiger partial charge in [0.2, 0.25) is 9.84 Å². The molecular formula is C27H27ClN2O3S2. The topological polar surface area (TPSA) is 59.5 Å². The van der Waals surface area contributed by atoms with E-state index in [0.717, 1.165) is 54.7 Å². The van der Waals surface area contributed by atoms with Crippen LogP contribution in [0.3, 0.4) is 0 Å². The molecular weight excluding hydrogens is 500 g/mol. The van der Waals surface area contributed by atoms with Crippen LogP contribution in [0, 0.1) is 6.92 Å². The van der Waals surface area contributed by atoms with Gasteiger partial charge in [0.15, 0.2) is 5.03 Å². The molecule has 0 saturated carbocycles. The fraction of sp³-hybridized carbons (Fsp3) is 0.296. The Morgan fingerprint density at radius 1 is 1.03 bits per heavy atom. The maximum absolute atomic E-state index is 13.4. The summed E-state index contributed by atoms with van der Waals surface area (Å²) in [5, 5.41) is 0.622. The zero-order valence-corrected chi connectivity index (χ0v) is 21.9. The second-order valence-electron chi connectivity index (χ2n) is 8.77. The molecule has 5 nitrogen and oxygen atoms in total. The van der Waals surface area contributed by atoms with Crippen LogP contribution < -0.4 is 0 Å². The fourth-order valence-electron chi connectivity index (χ4n) is 4.58. The SMILES string of the molecule is Cc1ccc(S(=O)(=O)c2nc(C3=C(N4CCOCC4)/C(=C/c4ccccc4)CCC3)sc2Cl)cc1. The molecule has 0 unspecified atom stereocenters. The van der Waals surface area contributed by atoms with Gasteiger partial charge in [0.25, 0.3) is 0 Å². The third kappa shape index (κ3) is 5.09. The summed E-state index contributed by atoms with van der Waals surface area (Å²) in [5.41, 5.74) is 5.60. The molecule has 2 aromatic carbocycles. The van der Waals surface area contributed by atoms with Crippen molar-refractivity contribution in [1.29, 1.82) is 0 Å². The highest BCUT2D eigenvalue weighted by molar-refractivity contribution is 7.91. The highest BCUT2D eigenvalue weighted by atomic mass is 35.5. The van der Waals surface area contributed by atoms with Crippen molar-refractivity contribution in [2.24, 2.45) is 0 Å². The van der Waals surface area contributed by atoms with E-state index in [0.29, 0.717) is 18.2 Å². The number of rotatable bonds is 5. The third-order valence-electron chi connectivity index (χ3n) is 6.33. The van der Waals surface area contributed by atoms with E-state index in [1.54, 1.807) is 24.3 Å². The van der Waals surface area contributed by atoms with Gasteiger partial charge in [-0.05, 0) is 55.5 Å². The third-order valence-corrected chi connectivity index (χ3v) is 9.58. The number of thiazole rings is 1. The summed E-state index contributed by atoms with van der Waals surface area (Å²) in [5.74, 6) is 0. The first-order chi connectivity index (χ1) is 16.9. The Balaban J connectivity index is 1.62. The Kier molecular flexibility index (Phi) is 7.12. The van der Waals surface area contributed by atoms with E-state index in [2.05, 4.69) is 28.1 Å². The molecule has 35 heavy (non-hydrogen) atoms. The van der Waals surface area contributed by atoms with Crippen LogP contribution in [0.5, 0.6) is 0 Å². The normalized spacial score (nSPS) is 18.3.